The monoisotopic (exact) mass is 266 g/mol. The average molecular weight is 266 g/mol. The molecule has 0 aromatic carbocycles. The van der Waals surface area contributed by atoms with Crippen LogP contribution < -0.4 is 10.6 Å². The number of hydrogen-bond donors (Lipinski definition) is 2. The minimum atomic E-state index is -0.489. The van der Waals surface area contributed by atoms with Gasteiger partial charge in [-0.3, -0.25) is 5.32 Å². The highest BCUT2D eigenvalue weighted by molar-refractivity contribution is 7.14. The lowest BCUT2D eigenvalue weighted by Crippen LogP contribution is -2.26. The van der Waals surface area contributed by atoms with Crippen molar-refractivity contribution >= 4 is 22.4 Å². The third-order valence-corrected chi connectivity index (χ3v) is 2.57. The number of ether oxygens (including phenoxy) is 1. The summed E-state index contributed by atoms with van der Waals surface area (Å²) < 4.78 is 5.16. The second kappa shape index (κ2) is 6.43. The maximum atomic E-state index is 11.5. The first kappa shape index (κ1) is 14.6. The van der Waals surface area contributed by atoms with Crippen molar-refractivity contribution in [3.8, 4) is 11.8 Å². The fourth-order valence-corrected chi connectivity index (χ4v) is 1.82. The van der Waals surface area contributed by atoms with Crippen LogP contribution in [-0.2, 0) is 4.74 Å². The summed E-state index contributed by atoms with van der Waals surface area (Å²) in [5.74, 6) is 5.95. The van der Waals surface area contributed by atoms with Crippen molar-refractivity contribution < 1.29 is 9.53 Å². The molecule has 18 heavy (non-hydrogen) atoms. The molecule has 98 valence electrons. The number of hydrogen-bond acceptors (Lipinski definition) is 4. The number of anilines is 1. The van der Waals surface area contributed by atoms with Gasteiger partial charge < -0.3 is 10.1 Å². The Morgan fingerprint density at radius 2 is 2.22 bits per heavy atom. The number of thiophene rings is 1. The summed E-state index contributed by atoms with van der Waals surface area (Å²) in [5, 5.41) is 8.26. The summed E-state index contributed by atoms with van der Waals surface area (Å²) in [7, 11) is 1.85. The van der Waals surface area contributed by atoms with Gasteiger partial charge >= 0.3 is 6.09 Å². The molecule has 5 heteroatoms. The standard InChI is InChI=1S/C13H18N2O2S/c1-13(2,3)17-12(16)15-11-8-10(9-18-11)6-5-7-14-4/h8-9,14H,7H2,1-4H3,(H,15,16). The van der Waals surface area contributed by atoms with Gasteiger partial charge in [0.1, 0.15) is 5.60 Å². The number of carbonyl (C=O) groups is 1. The summed E-state index contributed by atoms with van der Waals surface area (Å²) in [6.45, 7) is 6.13. The lowest BCUT2D eigenvalue weighted by molar-refractivity contribution is 0.0636. The van der Waals surface area contributed by atoms with Gasteiger partial charge in [0, 0.05) is 10.9 Å². The van der Waals surface area contributed by atoms with Crippen LogP contribution in [0.4, 0.5) is 9.80 Å². The molecule has 0 spiro atoms. The quantitative estimate of drug-likeness (QED) is 0.809. The zero-order valence-electron chi connectivity index (χ0n) is 11.1. The van der Waals surface area contributed by atoms with E-state index < -0.39 is 11.7 Å². The van der Waals surface area contributed by atoms with Gasteiger partial charge in [-0.15, -0.1) is 11.3 Å². The third kappa shape index (κ3) is 5.71. The Kier molecular flexibility index (Phi) is 5.20. The molecule has 0 aliphatic carbocycles. The van der Waals surface area contributed by atoms with Crippen LogP contribution in [0.5, 0.6) is 0 Å². The van der Waals surface area contributed by atoms with Crippen molar-refractivity contribution in [2.75, 3.05) is 18.9 Å². The first-order valence-corrected chi connectivity index (χ1v) is 6.50. The maximum Gasteiger partial charge on any atom is 0.412 e. The smallest absolute Gasteiger partial charge is 0.412 e. The SMILES string of the molecule is CNCC#Cc1csc(NC(=O)OC(C)(C)C)c1. The van der Waals surface area contributed by atoms with Crippen molar-refractivity contribution in [1.29, 1.82) is 0 Å². The molecule has 1 amide bonds. The Hall–Kier alpha value is -1.51. The molecule has 1 aromatic heterocycles. The Balaban J connectivity index is 2.55. The van der Waals surface area contributed by atoms with E-state index in [0.717, 1.165) is 10.6 Å². The molecular formula is C13H18N2O2S. The highest BCUT2D eigenvalue weighted by Crippen LogP contribution is 2.20. The fraction of sp³-hybridized carbons (Fsp3) is 0.462. The highest BCUT2D eigenvalue weighted by Gasteiger charge is 2.16. The van der Waals surface area contributed by atoms with Gasteiger partial charge in [0.25, 0.3) is 0 Å². The first-order chi connectivity index (χ1) is 8.40. The molecule has 0 saturated carbocycles. The van der Waals surface area contributed by atoms with Crippen LogP contribution in [-0.4, -0.2) is 25.3 Å². The lowest BCUT2D eigenvalue weighted by Gasteiger charge is -2.19. The van der Waals surface area contributed by atoms with Crippen molar-refractivity contribution in [3.63, 3.8) is 0 Å². The molecule has 0 saturated heterocycles. The van der Waals surface area contributed by atoms with Crippen LogP contribution in [0.2, 0.25) is 0 Å². The largest absolute Gasteiger partial charge is 0.444 e. The van der Waals surface area contributed by atoms with E-state index in [9.17, 15) is 4.79 Å². The van der Waals surface area contributed by atoms with E-state index in [1.54, 1.807) is 0 Å². The van der Waals surface area contributed by atoms with Crippen LogP contribution in [0.3, 0.4) is 0 Å². The predicted octanol–water partition coefficient (Wildman–Crippen LogP) is 2.67. The van der Waals surface area contributed by atoms with E-state index in [0.29, 0.717) is 6.54 Å². The normalized spacial score (nSPS) is 10.4. The first-order valence-electron chi connectivity index (χ1n) is 5.63. The topological polar surface area (TPSA) is 50.4 Å². The van der Waals surface area contributed by atoms with E-state index in [2.05, 4.69) is 22.5 Å². The summed E-state index contributed by atoms with van der Waals surface area (Å²) in [6, 6.07) is 1.83. The van der Waals surface area contributed by atoms with Gasteiger partial charge in [-0.05, 0) is 33.9 Å². The van der Waals surface area contributed by atoms with Gasteiger partial charge in [0.15, 0.2) is 0 Å². The zero-order valence-corrected chi connectivity index (χ0v) is 11.9. The molecule has 0 atom stereocenters. The van der Waals surface area contributed by atoms with Gasteiger partial charge in [-0.1, -0.05) is 11.8 Å². The highest BCUT2D eigenvalue weighted by atomic mass is 32.1. The molecule has 0 aliphatic rings. The molecule has 1 heterocycles. The predicted molar refractivity (Wildman–Crippen MR) is 75.0 cm³/mol. The lowest BCUT2D eigenvalue weighted by atomic mass is 10.2. The fourth-order valence-electron chi connectivity index (χ4n) is 1.11. The number of amides is 1. The summed E-state index contributed by atoms with van der Waals surface area (Å²) in [4.78, 5) is 11.5. The van der Waals surface area contributed by atoms with Crippen LogP contribution in [0.25, 0.3) is 0 Å². The molecule has 0 fully saturated rings. The third-order valence-electron chi connectivity index (χ3n) is 1.72. The van der Waals surface area contributed by atoms with Crippen LogP contribution in [0.15, 0.2) is 11.4 Å². The molecule has 0 bridgehead atoms. The van der Waals surface area contributed by atoms with E-state index in [4.69, 9.17) is 4.74 Å². The van der Waals surface area contributed by atoms with Crippen molar-refractivity contribution in [3.05, 3.63) is 17.0 Å². The van der Waals surface area contributed by atoms with Crippen LogP contribution >= 0.6 is 11.3 Å². The second-order valence-corrected chi connectivity index (χ2v) is 5.57. The van der Waals surface area contributed by atoms with E-state index >= 15 is 0 Å². The minimum absolute atomic E-state index is 0.445. The number of nitrogens with one attached hydrogen (secondary N) is 2. The van der Waals surface area contributed by atoms with Gasteiger partial charge in [-0.25, -0.2) is 4.79 Å². The number of rotatable bonds is 2. The zero-order chi connectivity index (χ0) is 13.6. The minimum Gasteiger partial charge on any atom is -0.444 e. The average Bonchev–Trinajstić information content (AvgIpc) is 2.63. The molecule has 0 radical (unpaired) electrons. The van der Waals surface area contributed by atoms with Gasteiger partial charge in [0.2, 0.25) is 0 Å². The van der Waals surface area contributed by atoms with Gasteiger partial charge in [-0.2, -0.15) is 0 Å². The van der Waals surface area contributed by atoms with Crippen molar-refractivity contribution in [2.24, 2.45) is 0 Å². The molecule has 1 rings (SSSR count). The maximum absolute atomic E-state index is 11.5. The van der Waals surface area contributed by atoms with E-state index in [-0.39, 0.29) is 0 Å². The van der Waals surface area contributed by atoms with Crippen molar-refractivity contribution in [1.82, 2.24) is 5.32 Å². The Morgan fingerprint density at radius 1 is 1.50 bits per heavy atom. The summed E-state index contributed by atoms with van der Waals surface area (Å²) in [5.41, 5.74) is 0.401. The molecule has 0 unspecified atom stereocenters. The molecule has 1 aromatic rings. The Bertz CT molecular complexity index is 463. The van der Waals surface area contributed by atoms with Crippen LogP contribution in [0.1, 0.15) is 26.3 Å². The van der Waals surface area contributed by atoms with E-state index in [1.807, 2.05) is 39.3 Å². The summed E-state index contributed by atoms with van der Waals surface area (Å²) in [6.07, 6.45) is -0.445. The summed E-state index contributed by atoms with van der Waals surface area (Å²) >= 11 is 1.43. The molecule has 2 N–H and O–H groups in total. The second-order valence-electron chi connectivity index (χ2n) is 4.66. The molecular weight excluding hydrogens is 248 g/mol. The van der Waals surface area contributed by atoms with Crippen LogP contribution in [0, 0.1) is 11.8 Å². The molecule has 4 nitrogen and oxygen atoms in total. The van der Waals surface area contributed by atoms with Crippen molar-refractivity contribution in [2.45, 2.75) is 26.4 Å². The van der Waals surface area contributed by atoms with Gasteiger partial charge in [0.05, 0.1) is 11.5 Å². The van der Waals surface area contributed by atoms with E-state index in [1.165, 1.54) is 11.3 Å². The molecule has 0 aliphatic heterocycles. The number of carbonyl (C=O) groups excluding carboxylic acids is 1. The Labute approximate surface area is 112 Å². The Morgan fingerprint density at radius 3 is 2.83 bits per heavy atom.